The number of morpholine rings is 1. The Morgan fingerprint density at radius 1 is 1.29 bits per heavy atom. The van der Waals surface area contributed by atoms with Gasteiger partial charge in [-0.05, 0) is 12.1 Å². The highest BCUT2D eigenvalue weighted by molar-refractivity contribution is 5.94. The fraction of sp³-hybridized carbons (Fsp3) is 0.579. The predicted molar refractivity (Wildman–Crippen MR) is 99.4 cm³/mol. The molecule has 0 unspecified atom stereocenters. The van der Waals surface area contributed by atoms with E-state index in [9.17, 15) is 14.7 Å². The molecule has 1 amide bonds. The molecule has 0 bridgehead atoms. The summed E-state index contributed by atoms with van der Waals surface area (Å²) >= 11 is 0. The Morgan fingerprint density at radius 3 is 2.68 bits per heavy atom. The number of hydrogen-bond donors (Lipinski definition) is 3. The van der Waals surface area contributed by atoms with Crippen molar-refractivity contribution in [3.8, 4) is 11.5 Å². The Morgan fingerprint density at radius 2 is 2.04 bits per heavy atom. The Kier molecular flexibility index (Phi) is 8.99. The second-order valence-electron chi connectivity index (χ2n) is 6.73. The van der Waals surface area contributed by atoms with E-state index in [0.29, 0.717) is 23.7 Å². The molecule has 0 saturated carbocycles. The Bertz CT molecular complexity index is 649. The van der Waals surface area contributed by atoms with Crippen molar-refractivity contribution in [3.05, 3.63) is 18.2 Å². The van der Waals surface area contributed by atoms with Crippen LogP contribution in [-0.2, 0) is 14.3 Å². The molecular formula is C19H30N3O6+. The summed E-state index contributed by atoms with van der Waals surface area (Å²) in [5.41, 5.74) is 0.460. The minimum absolute atomic E-state index is 0.179. The molecule has 1 aliphatic heterocycles. The van der Waals surface area contributed by atoms with Crippen molar-refractivity contribution in [1.29, 1.82) is 0 Å². The molecule has 1 atom stereocenters. The number of hydrogen-bond acceptors (Lipinski definition) is 6. The molecule has 0 aromatic heterocycles. The molecule has 0 radical (unpaired) electrons. The van der Waals surface area contributed by atoms with E-state index in [1.54, 1.807) is 23.5 Å². The smallest absolute Gasteiger partial charge is 0.230 e. The SMILES string of the molecule is COc1ccc(NC(=O)C[C@H]([NH2+]CCC[NH+]2CCOCC2)C(=O)[O-])c(OC)c1. The van der Waals surface area contributed by atoms with E-state index < -0.39 is 17.9 Å². The molecule has 28 heavy (non-hydrogen) atoms. The maximum Gasteiger partial charge on any atom is 0.230 e. The largest absolute Gasteiger partial charge is 0.544 e. The molecule has 156 valence electrons. The molecular weight excluding hydrogens is 366 g/mol. The number of anilines is 1. The van der Waals surface area contributed by atoms with Gasteiger partial charge in [0.15, 0.2) is 0 Å². The van der Waals surface area contributed by atoms with Crippen molar-refractivity contribution in [2.75, 3.05) is 58.9 Å². The van der Waals surface area contributed by atoms with Gasteiger partial charge in [-0.2, -0.15) is 0 Å². The Labute approximate surface area is 164 Å². The summed E-state index contributed by atoms with van der Waals surface area (Å²) in [5, 5.41) is 15.8. The van der Waals surface area contributed by atoms with Crippen LogP contribution in [0.2, 0.25) is 0 Å². The monoisotopic (exact) mass is 396 g/mol. The van der Waals surface area contributed by atoms with Crippen molar-refractivity contribution in [1.82, 2.24) is 0 Å². The van der Waals surface area contributed by atoms with Crippen LogP contribution in [0.3, 0.4) is 0 Å². The zero-order valence-electron chi connectivity index (χ0n) is 16.5. The van der Waals surface area contributed by atoms with Crippen molar-refractivity contribution in [2.45, 2.75) is 18.9 Å². The Balaban J connectivity index is 1.80. The van der Waals surface area contributed by atoms with Gasteiger partial charge in [0.05, 0.1) is 58.6 Å². The van der Waals surface area contributed by atoms with E-state index in [4.69, 9.17) is 14.2 Å². The van der Waals surface area contributed by atoms with E-state index in [1.807, 2.05) is 0 Å². The average molecular weight is 396 g/mol. The first kappa shape index (κ1) is 21.9. The molecule has 1 aromatic rings. The van der Waals surface area contributed by atoms with Crippen LogP contribution in [0.4, 0.5) is 5.69 Å². The van der Waals surface area contributed by atoms with Gasteiger partial charge in [-0.3, -0.25) is 4.79 Å². The second-order valence-corrected chi connectivity index (χ2v) is 6.73. The number of methoxy groups -OCH3 is 2. The number of ether oxygens (including phenoxy) is 3. The summed E-state index contributed by atoms with van der Waals surface area (Å²) in [6.07, 6.45) is 0.689. The number of aliphatic carboxylic acids is 1. The summed E-state index contributed by atoms with van der Waals surface area (Å²) < 4.78 is 15.7. The number of amides is 1. The van der Waals surface area contributed by atoms with Gasteiger partial charge in [0.2, 0.25) is 5.91 Å². The number of benzene rings is 1. The van der Waals surface area contributed by atoms with E-state index in [1.165, 1.54) is 19.1 Å². The molecule has 0 spiro atoms. The molecule has 2 rings (SSSR count). The lowest BCUT2D eigenvalue weighted by Crippen LogP contribution is -3.14. The van der Waals surface area contributed by atoms with E-state index in [2.05, 4.69) is 5.32 Å². The van der Waals surface area contributed by atoms with E-state index in [0.717, 1.165) is 39.3 Å². The fourth-order valence-electron chi connectivity index (χ4n) is 3.15. The number of carbonyl (C=O) groups is 2. The topological polar surface area (TPSA) is 118 Å². The summed E-state index contributed by atoms with van der Waals surface area (Å²) in [6, 6.07) is 4.06. The van der Waals surface area contributed by atoms with E-state index in [-0.39, 0.29) is 6.42 Å². The first-order valence-electron chi connectivity index (χ1n) is 9.51. The lowest BCUT2D eigenvalue weighted by Gasteiger charge is -2.23. The van der Waals surface area contributed by atoms with E-state index >= 15 is 0 Å². The number of carboxylic acid groups (broad SMARTS) is 1. The van der Waals surface area contributed by atoms with Gasteiger partial charge < -0.3 is 39.6 Å². The van der Waals surface area contributed by atoms with Crippen LogP contribution in [-0.4, -0.2) is 71.5 Å². The van der Waals surface area contributed by atoms with Crippen LogP contribution >= 0.6 is 0 Å². The van der Waals surface area contributed by atoms with Gasteiger partial charge in [0, 0.05) is 12.5 Å². The van der Waals surface area contributed by atoms with Crippen molar-refractivity contribution < 1.29 is 39.1 Å². The lowest BCUT2D eigenvalue weighted by atomic mass is 10.2. The maximum absolute atomic E-state index is 12.3. The summed E-state index contributed by atoms with van der Waals surface area (Å²) in [7, 11) is 3.02. The number of quaternary nitrogens is 2. The summed E-state index contributed by atoms with van der Waals surface area (Å²) in [6.45, 7) is 5.11. The maximum atomic E-state index is 12.3. The number of nitrogens with two attached hydrogens (primary N) is 1. The van der Waals surface area contributed by atoms with Crippen molar-refractivity contribution in [2.24, 2.45) is 0 Å². The molecule has 1 aromatic carbocycles. The lowest BCUT2D eigenvalue weighted by molar-refractivity contribution is -0.909. The first-order chi connectivity index (χ1) is 13.5. The van der Waals surface area contributed by atoms with Crippen molar-refractivity contribution >= 4 is 17.6 Å². The normalized spacial score (nSPS) is 15.6. The number of carboxylic acids is 1. The highest BCUT2D eigenvalue weighted by atomic mass is 16.5. The minimum Gasteiger partial charge on any atom is -0.544 e. The third-order valence-corrected chi connectivity index (χ3v) is 4.78. The van der Waals surface area contributed by atoms with Crippen LogP contribution in [0.5, 0.6) is 11.5 Å². The molecule has 1 heterocycles. The number of carbonyl (C=O) groups excluding carboxylic acids is 2. The zero-order chi connectivity index (χ0) is 20.4. The third kappa shape index (κ3) is 6.99. The van der Waals surface area contributed by atoms with Crippen LogP contribution in [0.25, 0.3) is 0 Å². The minimum atomic E-state index is -1.24. The first-order valence-corrected chi connectivity index (χ1v) is 9.51. The van der Waals surface area contributed by atoms with Crippen molar-refractivity contribution in [3.63, 3.8) is 0 Å². The molecule has 9 heteroatoms. The standard InChI is InChI=1S/C19H29N3O6/c1-26-14-4-5-15(17(12-14)27-2)21-18(23)13-16(19(24)25)20-6-3-7-22-8-10-28-11-9-22/h4-5,12,16,20H,3,6-11,13H2,1-2H3,(H,21,23)(H,24,25)/p+1/t16-/m0/s1. The molecule has 1 saturated heterocycles. The van der Waals surface area contributed by atoms with Crippen LogP contribution in [0.1, 0.15) is 12.8 Å². The molecule has 4 N–H and O–H groups in total. The highest BCUT2D eigenvalue weighted by Gasteiger charge is 2.20. The zero-order valence-corrected chi connectivity index (χ0v) is 16.5. The molecule has 1 fully saturated rings. The van der Waals surface area contributed by atoms with Crippen LogP contribution < -0.4 is 30.1 Å². The average Bonchev–Trinajstić information content (AvgIpc) is 2.71. The highest BCUT2D eigenvalue weighted by Crippen LogP contribution is 2.29. The second kappa shape index (κ2) is 11.5. The molecule has 0 aliphatic carbocycles. The molecule has 9 nitrogen and oxygen atoms in total. The molecule has 1 aliphatic rings. The third-order valence-electron chi connectivity index (χ3n) is 4.78. The summed E-state index contributed by atoms with van der Waals surface area (Å²) in [4.78, 5) is 25.2. The quantitative estimate of drug-likeness (QED) is 0.344. The summed E-state index contributed by atoms with van der Waals surface area (Å²) in [5.74, 6) is -0.614. The fourth-order valence-corrected chi connectivity index (χ4v) is 3.15. The van der Waals surface area contributed by atoms with Gasteiger partial charge in [-0.1, -0.05) is 0 Å². The van der Waals surface area contributed by atoms with Gasteiger partial charge in [0.1, 0.15) is 30.6 Å². The van der Waals surface area contributed by atoms with Gasteiger partial charge in [-0.25, -0.2) is 0 Å². The van der Waals surface area contributed by atoms with Gasteiger partial charge >= 0.3 is 0 Å². The Hall–Kier alpha value is -2.36. The van der Waals surface area contributed by atoms with Crippen LogP contribution in [0, 0.1) is 0 Å². The predicted octanol–water partition coefficient (Wildman–Crippen LogP) is -2.98. The van der Waals surface area contributed by atoms with Gasteiger partial charge in [-0.15, -0.1) is 0 Å². The van der Waals surface area contributed by atoms with Gasteiger partial charge in [0.25, 0.3) is 0 Å². The number of nitrogens with one attached hydrogen (secondary N) is 2. The number of rotatable bonds is 11. The van der Waals surface area contributed by atoms with Crippen LogP contribution in [0.15, 0.2) is 18.2 Å².